The Kier molecular flexibility index (Phi) is 5.75. The molecular weight excluding hydrogens is 352 g/mol. The molecule has 2 heterocycles. The summed E-state index contributed by atoms with van der Waals surface area (Å²) in [6, 6.07) is 9.68. The summed E-state index contributed by atoms with van der Waals surface area (Å²) < 4.78 is 6.61. The van der Waals surface area contributed by atoms with Crippen LogP contribution in [0.1, 0.15) is 18.2 Å². The van der Waals surface area contributed by atoms with E-state index in [1.165, 1.54) is 11.3 Å². The van der Waals surface area contributed by atoms with Crippen LogP contribution in [0.25, 0.3) is 5.69 Å². The molecular formula is C18H18N4O3S. The molecule has 0 aliphatic heterocycles. The molecule has 0 fully saturated rings. The lowest BCUT2D eigenvalue weighted by atomic mass is 10.2. The number of nitrogens with zero attached hydrogens (tertiary/aromatic N) is 3. The van der Waals surface area contributed by atoms with Crippen molar-refractivity contribution >= 4 is 28.3 Å². The lowest BCUT2D eigenvalue weighted by Crippen LogP contribution is -2.14. The van der Waals surface area contributed by atoms with Gasteiger partial charge in [0.25, 0.3) is 0 Å². The van der Waals surface area contributed by atoms with Crippen LogP contribution < -0.4 is 5.32 Å². The number of amides is 1. The Bertz CT molecular complexity index is 889. The first kappa shape index (κ1) is 17.8. The van der Waals surface area contributed by atoms with Crippen LogP contribution in [-0.4, -0.2) is 33.2 Å². The molecule has 0 atom stereocenters. The Morgan fingerprint density at radius 2 is 2.04 bits per heavy atom. The smallest absolute Gasteiger partial charge is 0.311 e. The van der Waals surface area contributed by atoms with E-state index in [4.69, 9.17) is 4.74 Å². The minimum Gasteiger partial charge on any atom is -0.466 e. The maximum atomic E-state index is 12.2. The summed E-state index contributed by atoms with van der Waals surface area (Å²) >= 11 is 1.28. The number of thiazole rings is 1. The summed E-state index contributed by atoms with van der Waals surface area (Å²) in [5, 5.41) is 9.22. The first-order valence-corrected chi connectivity index (χ1v) is 9.01. The van der Waals surface area contributed by atoms with Gasteiger partial charge in [-0.25, -0.2) is 9.67 Å². The van der Waals surface area contributed by atoms with E-state index in [0.717, 1.165) is 11.3 Å². The maximum Gasteiger partial charge on any atom is 0.311 e. The van der Waals surface area contributed by atoms with E-state index in [9.17, 15) is 9.59 Å². The average molecular weight is 370 g/mol. The number of hydrogen-bond donors (Lipinski definition) is 1. The summed E-state index contributed by atoms with van der Waals surface area (Å²) in [5.74, 6) is -0.515. The van der Waals surface area contributed by atoms with E-state index in [0.29, 0.717) is 17.4 Å². The number of ether oxygens (including phenoxy) is 1. The van der Waals surface area contributed by atoms with Crippen LogP contribution in [0, 0.1) is 0 Å². The topological polar surface area (TPSA) is 86.1 Å². The zero-order valence-corrected chi connectivity index (χ0v) is 15.0. The number of para-hydroxylation sites is 1. The molecule has 0 bridgehead atoms. The van der Waals surface area contributed by atoms with Crippen molar-refractivity contribution in [3.8, 4) is 5.69 Å². The van der Waals surface area contributed by atoms with Gasteiger partial charge in [-0.1, -0.05) is 18.2 Å². The SMILES string of the molecule is CCOC(=O)Cc1csc(NC(=O)Cc2cnn(-c3ccccc3)c2)n1. The van der Waals surface area contributed by atoms with Gasteiger partial charge in [-0.3, -0.25) is 9.59 Å². The summed E-state index contributed by atoms with van der Waals surface area (Å²) in [5.41, 5.74) is 2.32. The molecule has 8 heteroatoms. The molecule has 7 nitrogen and oxygen atoms in total. The van der Waals surface area contributed by atoms with Crippen molar-refractivity contribution in [1.29, 1.82) is 0 Å². The van der Waals surface area contributed by atoms with Gasteiger partial charge in [0.15, 0.2) is 5.13 Å². The van der Waals surface area contributed by atoms with Crippen LogP contribution in [0.3, 0.4) is 0 Å². The van der Waals surface area contributed by atoms with Gasteiger partial charge in [0.2, 0.25) is 5.91 Å². The molecule has 1 aromatic carbocycles. The number of anilines is 1. The minimum atomic E-state index is -0.330. The molecule has 0 saturated carbocycles. The third-order valence-electron chi connectivity index (χ3n) is 3.45. The molecule has 1 N–H and O–H groups in total. The predicted octanol–water partition coefficient (Wildman–Crippen LogP) is 2.62. The molecule has 2 aromatic heterocycles. The van der Waals surface area contributed by atoms with Crippen molar-refractivity contribution in [3.63, 3.8) is 0 Å². The number of benzene rings is 1. The van der Waals surface area contributed by atoms with Gasteiger partial charge < -0.3 is 10.1 Å². The molecule has 26 heavy (non-hydrogen) atoms. The highest BCUT2D eigenvalue weighted by Crippen LogP contribution is 2.17. The van der Waals surface area contributed by atoms with Crippen molar-refractivity contribution in [1.82, 2.24) is 14.8 Å². The molecule has 0 radical (unpaired) electrons. The minimum absolute atomic E-state index is 0.101. The molecule has 1 amide bonds. The standard InChI is InChI=1S/C18H18N4O3S/c1-2-25-17(24)9-14-12-26-18(20-14)21-16(23)8-13-10-19-22(11-13)15-6-4-3-5-7-15/h3-7,10-12H,2,8-9H2,1H3,(H,20,21,23). The van der Waals surface area contributed by atoms with E-state index in [2.05, 4.69) is 15.4 Å². The van der Waals surface area contributed by atoms with Gasteiger partial charge in [0, 0.05) is 11.6 Å². The lowest BCUT2D eigenvalue weighted by Gasteiger charge is -2.01. The van der Waals surface area contributed by atoms with Gasteiger partial charge in [-0.2, -0.15) is 5.10 Å². The number of hydrogen-bond acceptors (Lipinski definition) is 6. The van der Waals surface area contributed by atoms with Crippen molar-refractivity contribution in [2.75, 3.05) is 11.9 Å². The second kappa shape index (κ2) is 8.39. The second-order valence-electron chi connectivity index (χ2n) is 5.48. The average Bonchev–Trinajstić information content (AvgIpc) is 3.25. The molecule has 0 aliphatic carbocycles. The monoisotopic (exact) mass is 370 g/mol. The highest BCUT2D eigenvalue weighted by Gasteiger charge is 2.12. The summed E-state index contributed by atoms with van der Waals surface area (Å²) in [7, 11) is 0. The van der Waals surface area contributed by atoms with Crippen LogP contribution in [0.2, 0.25) is 0 Å². The van der Waals surface area contributed by atoms with Crippen LogP contribution in [0.4, 0.5) is 5.13 Å². The molecule has 0 spiro atoms. The number of carbonyl (C=O) groups is 2. The first-order valence-electron chi connectivity index (χ1n) is 8.13. The molecule has 0 aliphatic rings. The number of esters is 1. The summed E-state index contributed by atoms with van der Waals surface area (Å²) in [4.78, 5) is 27.9. The van der Waals surface area contributed by atoms with Crippen molar-refractivity contribution < 1.29 is 14.3 Å². The van der Waals surface area contributed by atoms with Gasteiger partial charge in [0.1, 0.15) is 0 Å². The number of carbonyl (C=O) groups excluding carboxylic acids is 2. The highest BCUT2D eigenvalue weighted by molar-refractivity contribution is 7.13. The van der Waals surface area contributed by atoms with Gasteiger partial charge in [-0.05, 0) is 24.6 Å². The van der Waals surface area contributed by atoms with Gasteiger partial charge in [0.05, 0.1) is 37.0 Å². The van der Waals surface area contributed by atoms with E-state index in [1.54, 1.807) is 23.2 Å². The van der Waals surface area contributed by atoms with E-state index < -0.39 is 0 Å². The van der Waals surface area contributed by atoms with Crippen LogP contribution in [0.5, 0.6) is 0 Å². The van der Waals surface area contributed by atoms with Crippen molar-refractivity contribution in [2.24, 2.45) is 0 Å². The second-order valence-corrected chi connectivity index (χ2v) is 6.34. The Morgan fingerprint density at radius 3 is 2.81 bits per heavy atom. The molecule has 0 unspecified atom stereocenters. The van der Waals surface area contributed by atoms with E-state index in [-0.39, 0.29) is 24.7 Å². The molecule has 3 rings (SSSR count). The summed E-state index contributed by atoms with van der Waals surface area (Å²) in [6.07, 6.45) is 3.78. The lowest BCUT2D eigenvalue weighted by molar-refractivity contribution is -0.142. The van der Waals surface area contributed by atoms with Gasteiger partial charge in [-0.15, -0.1) is 11.3 Å². The summed E-state index contributed by atoms with van der Waals surface area (Å²) in [6.45, 7) is 2.09. The van der Waals surface area contributed by atoms with Crippen molar-refractivity contribution in [3.05, 3.63) is 59.4 Å². The molecule has 0 saturated heterocycles. The number of aromatic nitrogens is 3. The Labute approximate surface area is 154 Å². The van der Waals surface area contributed by atoms with Crippen molar-refractivity contribution in [2.45, 2.75) is 19.8 Å². The zero-order chi connectivity index (χ0) is 18.4. The quantitative estimate of drug-likeness (QED) is 0.646. The third kappa shape index (κ3) is 4.76. The van der Waals surface area contributed by atoms with Crippen LogP contribution in [-0.2, 0) is 27.2 Å². The van der Waals surface area contributed by atoms with Crippen LogP contribution >= 0.6 is 11.3 Å². The number of rotatable bonds is 7. The normalized spacial score (nSPS) is 10.5. The maximum absolute atomic E-state index is 12.2. The van der Waals surface area contributed by atoms with E-state index >= 15 is 0 Å². The first-order chi connectivity index (χ1) is 12.6. The molecule has 3 aromatic rings. The third-order valence-corrected chi connectivity index (χ3v) is 4.26. The zero-order valence-electron chi connectivity index (χ0n) is 14.2. The van der Waals surface area contributed by atoms with E-state index in [1.807, 2.05) is 36.5 Å². The Hall–Kier alpha value is -3.00. The van der Waals surface area contributed by atoms with Gasteiger partial charge >= 0.3 is 5.97 Å². The largest absolute Gasteiger partial charge is 0.466 e. The predicted molar refractivity (Wildman–Crippen MR) is 98.3 cm³/mol. The highest BCUT2D eigenvalue weighted by atomic mass is 32.1. The Balaban J connectivity index is 1.55. The number of nitrogens with one attached hydrogen (secondary N) is 1. The molecule has 134 valence electrons. The van der Waals surface area contributed by atoms with Crippen LogP contribution in [0.15, 0.2) is 48.1 Å². The fourth-order valence-corrected chi connectivity index (χ4v) is 3.05. The Morgan fingerprint density at radius 1 is 1.23 bits per heavy atom. The fraction of sp³-hybridized carbons (Fsp3) is 0.222. The fourth-order valence-electron chi connectivity index (χ4n) is 2.33.